The third kappa shape index (κ3) is 1.62. The van der Waals surface area contributed by atoms with Crippen molar-refractivity contribution < 1.29 is 9.84 Å². The highest BCUT2D eigenvalue weighted by atomic mass is 16.5. The van der Waals surface area contributed by atoms with Crippen LogP contribution in [0.5, 0.6) is 5.75 Å². The van der Waals surface area contributed by atoms with E-state index in [9.17, 15) is 5.11 Å². The number of hydrogen-bond acceptors (Lipinski definition) is 2. The first-order valence-electron chi connectivity index (χ1n) is 5.25. The van der Waals surface area contributed by atoms with Crippen LogP contribution >= 0.6 is 0 Å². The lowest BCUT2D eigenvalue weighted by Crippen LogP contribution is -2.11. The zero-order valence-corrected chi connectivity index (χ0v) is 8.49. The van der Waals surface area contributed by atoms with E-state index in [1.807, 2.05) is 19.1 Å². The summed E-state index contributed by atoms with van der Waals surface area (Å²) in [5, 5.41) is 9.81. The Morgan fingerprint density at radius 1 is 1.50 bits per heavy atom. The van der Waals surface area contributed by atoms with Gasteiger partial charge in [-0.15, -0.1) is 0 Å². The van der Waals surface area contributed by atoms with Crippen LogP contribution in [0.1, 0.15) is 37.0 Å². The molecule has 1 unspecified atom stereocenters. The SMILES string of the molecule is CCC(O)c1cccc2c1OCCC2. The molecule has 1 atom stereocenters. The molecule has 0 bridgehead atoms. The smallest absolute Gasteiger partial charge is 0.128 e. The summed E-state index contributed by atoms with van der Waals surface area (Å²) in [6.07, 6.45) is 2.50. The van der Waals surface area contributed by atoms with Crippen LogP contribution in [0.15, 0.2) is 18.2 Å². The molecule has 76 valence electrons. The minimum atomic E-state index is -0.386. The van der Waals surface area contributed by atoms with E-state index in [2.05, 4.69) is 6.07 Å². The van der Waals surface area contributed by atoms with Gasteiger partial charge in [-0.25, -0.2) is 0 Å². The Morgan fingerprint density at radius 3 is 3.14 bits per heavy atom. The lowest BCUT2D eigenvalue weighted by molar-refractivity contribution is 0.165. The number of aryl methyl sites for hydroxylation is 1. The Balaban J connectivity index is 2.39. The first-order chi connectivity index (χ1) is 6.83. The number of benzene rings is 1. The van der Waals surface area contributed by atoms with Gasteiger partial charge in [0.2, 0.25) is 0 Å². The van der Waals surface area contributed by atoms with Gasteiger partial charge in [-0.3, -0.25) is 0 Å². The number of hydrogen-bond donors (Lipinski definition) is 1. The van der Waals surface area contributed by atoms with Crippen molar-refractivity contribution in [3.05, 3.63) is 29.3 Å². The molecule has 1 aliphatic heterocycles. The number of fused-ring (bicyclic) bond motifs is 1. The molecule has 2 rings (SSSR count). The van der Waals surface area contributed by atoms with Crippen LogP contribution < -0.4 is 4.74 Å². The van der Waals surface area contributed by atoms with Gasteiger partial charge in [0.15, 0.2) is 0 Å². The van der Waals surface area contributed by atoms with Crippen LogP contribution in [0.3, 0.4) is 0 Å². The summed E-state index contributed by atoms with van der Waals surface area (Å²) in [5.41, 5.74) is 2.19. The molecule has 0 saturated carbocycles. The van der Waals surface area contributed by atoms with Crippen molar-refractivity contribution >= 4 is 0 Å². The number of aliphatic hydroxyl groups excluding tert-OH is 1. The van der Waals surface area contributed by atoms with Crippen LogP contribution in [-0.4, -0.2) is 11.7 Å². The summed E-state index contributed by atoms with van der Waals surface area (Å²) < 4.78 is 5.62. The van der Waals surface area contributed by atoms with E-state index < -0.39 is 0 Å². The molecule has 1 aromatic carbocycles. The lowest BCUT2D eigenvalue weighted by atomic mass is 9.98. The molecule has 0 spiro atoms. The van der Waals surface area contributed by atoms with Crippen molar-refractivity contribution in [2.45, 2.75) is 32.3 Å². The highest BCUT2D eigenvalue weighted by molar-refractivity contribution is 5.43. The summed E-state index contributed by atoms with van der Waals surface area (Å²) in [6, 6.07) is 6.04. The summed E-state index contributed by atoms with van der Waals surface area (Å²) >= 11 is 0. The van der Waals surface area contributed by atoms with Gasteiger partial charge in [-0.05, 0) is 24.8 Å². The third-order valence-electron chi connectivity index (χ3n) is 2.71. The molecule has 0 aliphatic carbocycles. The van der Waals surface area contributed by atoms with Crippen molar-refractivity contribution in [2.24, 2.45) is 0 Å². The second-order valence-electron chi connectivity index (χ2n) is 3.71. The first-order valence-corrected chi connectivity index (χ1v) is 5.25. The standard InChI is InChI=1S/C12H16O2/c1-2-11(13)10-7-3-5-9-6-4-8-14-12(9)10/h3,5,7,11,13H,2,4,6,8H2,1H3. The van der Waals surface area contributed by atoms with E-state index in [1.165, 1.54) is 5.56 Å². The molecule has 2 nitrogen and oxygen atoms in total. The Bertz CT molecular complexity index is 320. The zero-order valence-electron chi connectivity index (χ0n) is 8.49. The average Bonchev–Trinajstić information content (AvgIpc) is 2.27. The molecule has 2 heteroatoms. The summed E-state index contributed by atoms with van der Waals surface area (Å²) in [6.45, 7) is 2.76. The molecular weight excluding hydrogens is 176 g/mol. The van der Waals surface area contributed by atoms with Gasteiger partial charge in [0.05, 0.1) is 12.7 Å². The van der Waals surface area contributed by atoms with Gasteiger partial charge < -0.3 is 9.84 Å². The van der Waals surface area contributed by atoms with E-state index in [-0.39, 0.29) is 6.10 Å². The number of para-hydroxylation sites is 1. The molecule has 1 heterocycles. The Kier molecular flexibility index (Phi) is 2.73. The summed E-state index contributed by atoms with van der Waals surface area (Å²) in [7, 11) is 0. The van der Waals surface area contributed by atoms with E-state index in [1.54, 1.807) is 0 Å². The molecule has 1 aromatic rings. The molecular formula is C12H16O2. The fraction of sp³-hybridized carbons (Fsp3) is 0.500. The van der Waals surface area contributed by atoms with Gasteiger partial charge in [0, 0.05) is 5.56 Å². The Morgan fingerprint density at radius 2 is 2.36 bits per heavy atom. The molecule has 0 saturated heterocycles. The topological polar surface area (TPSA) is 29.5 Å². The van der Waals surface area contributed by atoms with Crippen molar-refractivity contribution in [3.8, 4) is 5.75 Å². The van der Waals surface area contributed by atoms with Crippen molar-refractivity contribution in [2.75, 3.05) is 6.61 Å². The van der Waals surface area contributed by atoms with Gasteiger partial charge in [-0.1, -0.05) is 25.1 Å². The maximum absolute atomic E-state index is 9.81. The average molecular weight is 192 g/mol. The predicted octanol–water partition coefficient (Wildman–Crippen LogP) is 2.46. The largest absolute Gasteiger partial charge is 0.493 e. The van der Waals surface area contributed by atoms with Gasteiger partial charge >= 0.3 is 0 Å². The monoisotopic (exact) mass is 192 g/mol. The summed E-state index contributed by atoms with van der Waals surface area (Å²) in [5.74, 6) is 0.924. The molecule has 1 aliphatic rings. The highest BCUT2D eigenvalue weighted by Crippen LogP contribution is 2.33. The predicted molar refractivity (Wildman–Crippen MR) is 55.5 cm³/mol. The molecule has 0 fully saturated rings. The number of ether oxygens (including phenoxy) is 1. The van der Waals surface area contributed by atoms with Crippen molar-refractivity contribution in [1.29, 1.82) is 0 Å². The third-order valence-corrected chi connectivity index (χ3v) is 2.71. The number of rotatable bonds is 2. The lowest BCUT2D eigenvalue weighted by Gasteiger charge is -2.22. The minimum Gasteiger partial charge on any atom is -0.493 e. The molecule has 1 N–H and O–H groups in total. The van der Waals surface area contributed by atoms with Crippen LogP contribution in [-0.2, 0) is 6.42 Å². The van der Waals surface area contributed by atoms with E-state index in [0.29, 0.717) is 0 Å². The normalized spacial score (nSPS) is 17.0. The Labute approximate surface area is 84.5 Å². The van der Waals surface area contributed by atoms with Crippen molar-refractivity contribution in [1.82, 2.24) is 0 Å². The second-order valence-corrected chi connectivity index (χ2v) is 3.71. The van der Waals surface area contributed by atoms with E-state index in [0.717, 1.165) is 37.2 Å². The van der Waals surface area contributed by atoms with Crippen LogP contribution in [0.4, 0.5) is 0 Å². The minimum absolute atomic E-state index is 0.386. The number of aliphatic hydroxyl groups is 1. The first kappa shape index (κ1) is 9.53. The summed E-state index contributed by atoms with van der Waals surface area (Å²) in [4.78, 5) is 0. The second kappa shape index (κ2) is 4.01. The zero-order chi connectivity index (χ0) is 9.97. The van der Waals surface area contributed by atoms with Gasteiger partial charge in [0.25, 0.3) is 0 Å². The molecule has 0 radical (unpaired) electrons. The van der Waals surface area contributed by atoms with Crippen LogP contribution in [0, 0.1) is 0 Å². The molecule has 0 aromatic heterocycles. The van der Waals surface area contributed by atoms with Crippen LogP contribution in [0.2, 0.25) is 0 Å². The maximum atomic E-state index is 9.81. The highest BCUT2D eigenvalue weighted by Gasteiger charge is 2.17. The molecule has 14 heavy (non-hydrogen) atoms. The quantitative estimate of drug-likeness (QED) is 0.780. The molecule has 0 amide bonds. The van der Waals surface area contributed by atoms with Gasteiger partial charge in [-0.2, -0.15) is 0 Å². The van der Waals surface area contributed by atoms with E-state index >= 15 is 0 Å². The van der Waals surface area contributed by atoms with Gasteiger partial charge in [0.1, 0.15) is 5.75 Å². The fourth-order valence-electron chi connectivity index (χ4n) is 1.90. The van der Waals surface area contributed by atoms with E-state index in [4.69, 9.17) is 4.74 Å². The fourth-order valence-corrected chi connectivity index (χ4v) is 1.90. The van der Waals surface area contributed by atoms with Crippen LogP contribution in [0.25, 0.3) is 0 Å². The van der Waals surface area contributed by atoms with Crippen molar-refractivity contribution in [3.63, 3.8) is 0 Å². The maximum Gasteiger partial charge on any atom is 0.128 e. The Hall–Kier alpha value is -1.02.